The number of hydrogen-bond acceptors (Lipinski definition) is 3. The van der Waals surface area contributed by atoms with Crippen LogP contribution in [0.3, 0.4) is 0 Å². The van der Waals surface area contributed by atoms with Crippen LogP contribution in [0, 0.1) is 0 Å². The average molecular weight is 244 g/mol. The van der Waals surface area contributed by atoms with E-state index in [1.54, 1.807) is 25.5 Å². The zero-order valence-corrected chi connectivity index (χ0v) is 10.7. The minimum absolute atomic E-state index is 0.205. The molecule has 0 aromatic carbocycles. The van der Waals surface area contributed by atoms with Crippen molar-refractivity contribution in [3.63, 3.8) is 0 Å². The predicted molar refractivity (Wildman–Crippen MR) is 69.5 cm³/mol. The summed E-state index contributed by atoms with van der Waals surface area (Å²) in [5, 5.41) is 6.73. The Bertz CT molecular complexity index is 560. The summed E-state index contributed by atoms with van der Waals surface area (Å²) in [6.07, 6.45) is 3.29. The van der Waals surface area contributed by atoms with Gasteiger partial charge in [-0.3, -0.25) is 9.48 Å². The van der Waals surface area contributed by atoms with Crippen molar-refractivity contribution in [3.8, 4) is 0 Å². The van der Waals surface area contributed by atoms with Gasteiger partial charge in [-0.05, 0) is 29.7 Å². The Morgan fingerprint density at radius 3 is 2.72 bits per heavy atom. The number of pyridine rings is 1. The molecule has 0 bridgehead atoms. The molecule has 5 heteroatoms. The van der Waals surface area contributed by atoms with Crippen molar-refractivity contribution >= 4 is 11.7 Å². The second kappa shape index (κ2) is 5.00. The van der Waals surface area contributed by atoms with Crippen LogP contribution < -0.4 is 5.32 Å². The lowest BCUT2D eigenvalue weighted by atomic mass is 10.1. The van der Waals surface area contributed by atoms with Gasteiger partial charge in [-0.15, -0.1) is 0 Å². The third kappa shape index (κ3) is 2.56. The van der Waals surface area contributed by atoms with E-state index in [1.165, 1.54) is 4.68 Å². The lowest BCUT2D eigenvalue weighted by molar-refractivity contribution is 0.101. The summed E-state index contributed by atoms with van der Waals surface area (Å²) >= 11 is 0. The number of aromatic nitrogens is 3. The van der Waals surface area contributed by atoms with Crippen LogP contribution in [0.25, 0.3) is 0 Å². The van der Waals surface area contributed by atoms with Crippen LogP contribution in [0.1, 0.15) is 35.8 Å². The molecule has 18 heavy (non-hydrogen) atoms. The molecule has 0 fully saturated rings. The van der Waals surface area contributed by atoms with Crippen LogP contribution in [0.15, 0.2) is 30.6 Å². The van der Waals surface area contributed by atoms with Gasteiger partial charge in [0, 0.05) is 19.4 Å². The molecule has 94 valence electrons. The highest BCUT2D eigenvalue weighted by Gasteiger charge is 2.11. The van der Waals surface area contributed by atoms with Crippen LogP contribution in [0.5, 0.6) is 0 Å². The van der Waals surface area contributed by atoms with Gasteiger partial charge in [-0.2, -0.15) is 5.10 Å². The van der Waals surface area contributed by atoms with E-state index in [9.17, 15) is 4.79 Å². The van der Waals surface area contributed by atoms with Crippen LogP contribution >= 0.6 is 0 Å². The van der Waals surface area contributed by atoms with E-state index in [4.69, 9.17) is 0 Å². The Balaban J connectivity index is 2.17. The number of carbonyl (C=O) groups is 1. The average Bonchev–Trinajstić information content (AvgIpc) is 2.76. The number of hydrogen-bond donors (Lipinski definition) is 1. The molecular formula is C13H16N4O. The van der Waals surface area contributed by atoms with Gasteiger partial charge in [-0.1, -0.05) is 13.8 Å². The van der Waals surface area contributed by atoms with Gasteiger partial charge >= 0.3 is 0 Å². The number of nitrogens with zero attached hydrogens (tertiary/aromatic N) is 3. The van der Waals surface area contributed by atoms with Crippen molar-refractivity contribution in [2.24, 2.45) is 7.05 Å². The van der Waals surface area contributed by atoms with Gasteiger partial charge in [0.25, 0.3) is 5.91 Å². The summed E-state index contributed by atoms with van der Waals surface area (Å²) in [6, 6.07) is 5.50. The largest absolute Gasteiger partial charge is 0.305 e. The Hall–Kier alpha value is -2.17. The number of carbonyl (C=O) groups excluding carboxylic acids is 1. The number of rotatable bonds is 3. The number of amides is 1. The van der Waals surface area contributed by atoms with E-state index in [0.717, 1.165) is 5.56 Å². The maximum Gasteiger partial charge on any atom is 0.275 e. The lowest BCUT2D eigenvalue weighted by Gasteiger charge is -2.08. The molecule has 0 spiro atoms. The molecule has 2 rings (SSSR count). The fourth-order valence-corrected chi connectivity index (χ4v) is 1.65. The topological polar surface area (TPSA) is 59.8 Å². The second-order valence-electron chi connectivity index (χ2n) is 4.42. The summed E-state index contributed by atoms with van der Waals surface area (Å²) < 4.78 is 1.53. The lowest BCUT2D eigenvalue weighted by Crippen LogP contribution is -2.17. The summed E-state index contributed by atoms with van der Waals surface area (Å²) in [6.45, 7) is 4.20. The molecule has 0 aliphatic rings. The van der Waals surface area contributed by atoms with E-state index in [2.05, 4.69) is 29.2 Å². The van der Waals surface area contributed by atoms with Crippen molar-refractivity contribution in [2.75, 3.05) is 5.32 Å². The standard InChI is InChI=1S/C13H16N4O/c1-9(2)10-4-6-14-12(8-10)16-13(18)11-5-7-15-17(11)3/h4-9H,1-3H3,(H,14,16,18). The van der Waals surface area contributed by atoms with Crippen molar-refractivity contribution in [3.05, 3.63) is 41.9 Å². The monoisotopic (exact) mass is 244 g/mol. The first-order valence-corrected chi connectivity index (χ1v) is 5.83. The van der Waals surface area contributed by atoms with Gasteiger partial charge < -0.3 is 5.32 Å². The van der Waals surface area contributed by atoms with Crippen LogP contribution in [-0.2, 0) is 7.05 Å². The Kier molecular flexibility index (Phi) is 3.41. The molecule has 1 amide bonds. The van der Waals surface area contributed by atoms with Gasteiger partial charge in [0.1, 0.15) is 11.5 Å². The molecule has 0 radical (unpaired) electrons. The predicted octanol–water partition coefficient (Wildman–Crippen LogP) is 2.19. The van der Waals surface area contributed by atoms with Crippen molar-refractivity contribution in [2.45, 2.75) is 19.8 Å². The Morgan fingerprint density at radius 2 is 2.11 bits per heavy atom. The van der Waals surface area contributed by atoms with Gasteiger partial charge in [0.05, 0.1) is 0 Å². The van der Waals surface area contributed by atoms with Crippen molar-refractivity contribution in [1.82, 2.24) is 14.8 Å². The fourth-order valence-electron chi connectivity index (χ4n) is 1.65. The quantitative estimate of drug-likeness (QED) is 0.900. The zero-order valence-electron chi connectivity index (χ0n) is 10.7. The zero-order chi connectivity index (χ0) is 13.1. The third-order valence-corrected chi connectivity index (χ3v) is 2.75. The number of nitrogens with one attached hydrogen (secondary N) is 1. The first-order valence-electron chi connectivity index (χ1n) is 5.83. The van der Waals surface area contributed by atoms with E-state index >= 15 is 0 Å². The molecule has 2 heterocycles. The molecule has 0 saturated carbocycles. The highest BCUT2D eigenvalue weighted by Crippen LogP contribution is 2.16. The smallest absolute Gasteiger partial charge is 0.275 e. The number of anilines is 1. The minimum Gasteiger partial charge on any atom is -0.305 e. The summed E-state index contributed by atoms with van der Waals surface area (Å²) in [5.74, 6) is 0.760. The summed E-state index contributed by atoms with van der Waals surface area (Å²) in [7, 11) is 1.73. The van der Waals surface area contributed by atoms with Gasteiger partial charge in [0.2, 0.25) is 0 Å². The summed E-state index contributed by atoms with van der Waals surface area (Å²) in [4.78, 5) is 16.1. The molecule has 0 saturated heterocycles. The summed E-state index contributed by atoms with van der Waals surface area (Å²) in [5.41, 5.74) is 1.65. The second-order valence-corrected chi connectivity index (χ2v) is 4.42. The molecule has 1 N–H and O–H groups in total. The SMILES string of the molecule is CC(C)c1ccnc(NC(=O)c2ccnn2C)c1. The first-order chi connectivity index (χ1) is 8.58. The van der Waals surface area contributed by atoms with E-state index in [0.29, 0.717) is 17.4 Å². The molecule has 0 aliphatic heterocycles. The van der Waals surface area contributed by atoms with E-state index < -0.39 is 0 Å². The van der Waals surface area contributed by atoms with E-state index in [1.807, 2.05) is 12.1 Å². The Labute approximate surface area is 106 Å². The van der Waals surface area contributed by atoms with E-state index in [-0.39, 0.29) is 5.91 Å². The fraction of sp³-hybridized carbons (Fsp3) is 0.308. The van der Waals surface area contributed by atoms with Crippen molar-refractivity contribution in [1.29, 1.82) is 0 Å². The third-order valence-electron chi connectivity index (χ3n) is 2.75. The van der Waals surface area contributed by atoms with Crippen molar-refractivity contribution < 1.29 is 4.79 Å². The highest BCUT2D eigenvalue weighted by atomic mass is 16.2. The number of aryl methyl sites for hydroxylation is 1. The van der Waals surface area contributed by atoms with Crippen LogP contribution in [0.4, 0.5) is 5.82 Å². The minimum atomic E-state index is -0.205. The molecule has 0 atom stereocenters. The highest BCUT2D eigenvalue weighted by molar-refractivity contribution is 6.02. The molecule has 0 unspecified atom stereocenters. The van der Waals surface area contributed by atoms with Gasteiger partial charge in [0.15, 0.2) is 0 Å². The molecule has 0 aliphatic carbocycles. The molecule has 2 aromatic heterocycles. The first kappa shape index (κ1) is 12.3. The molecular weight excluding hydrogens is 228 g/mol. The molecule has 5 nitrogen and oxygen atoms in total. The maximum absolute atomic E-state index is 12.0. The maximum atomic E-state index is 12.0. The van der Waals surface area contributed by atoms with Crippen LogP contribution in [-0.4, -0.2) is 20.7 Å². The Morgan fingerprint density at radius 1 is 1.33 bits per heavy atom. The van der Waals surface area contributed by atoms with Crippen LogP contribution in [0.2, 0.25) is 0 Å². The molecule has 2 aromatic rings. The van der Waals surface area contributed by atoms with Gasteiger partial charge in [-0.25, -0.2) is 4.98 Å². The normalized spacial score (nSPS) is 10.7.